The number of hydrogen-bond donors (Lipinski definition) is 1. The molecule has 1 aromatic heterocycles. The summed E-state index contributed by atoms with van der Waals surface area (Å²) in [6.45, 7) is 10.6. The van der Waals surface area contributed by atoms with Crippen LogP contribution in [-0.2, 0) is 0 Å². The second-order valence-corrected chi connectivity index (χ2v) is 9.50. The third-order valence-electron chi connectivity index (χ3n) is 5.98. The van der Waals surface area contributed by atoms with Gasteiger partial charge < -0.3 is 5.32 Å². The molecule has 0 radical (unpaired) electrons. The standard InChI is InChI=1S/C26H28Cl3N3O/c1-5-7-18(6-2)16(3)15-30-26(33)24-17(4)25(19-8-10-20(27)11-9-19)32(31-24)23-13-12-21(28)14-22(23)29/h5,8-14,16,18H,1,6-7,15H2,2-4H3,(H,30,33). The quantitative estimate of drug-likeness (QED) is 0.302. The Morgan fingerprint density at radius 1 is 1.15 bits per heavy atom. The van der Waals surface area contributed by atoms with E-state index in [0.717, 1.165) is 29.7 Å². The molecule has 7 heteroatoms. The zero-order chi connectivity index (χ0) is 24.1. The second-order valence-electron chi connectivity index (χ2n) is 8.22. The Labute approximate surface area is 210 Å². The van der Waals surface area contributed by atoms with Crippen molar-refractivity contribution < 1.29 is 4.79 Å². The van der Waals surface area contributed by atoms with E-state index in [0.29, 0.717) is 44.8 Å². The van der Waals surface area contributed by atoms with Crippen molar-refractivity contribution >= 4 is 40.7 Å². The molecule has 4 nitrogen and oxygen atoms in total. The van der Waals surface area contributed by atoms with Crippen LogP contribution in [0.3, 0.4) is 0 Å². The lowest BCUT2D eigenvalue weighted by Crippen LogP contribution is -2.32. The molecule has 0 saturated carbocycles. The minimum absolute atomic E-state index is 0.216. The van der Waals surface area contributed by atoms with Crippen LogP contribution in [0.2, 0.25) is 15.1 Å². The van der Waals surface area contributed by atoms with Crippen molar-refractivity contribution in [3.8, 4) is 16.9 Å². The van der Waals surface area contributed by atoms with Crippen LogP contribution in [0.4, 0.5) is 0 Å². The average Bonchev–Trinajstić information content (AvgIpc) is 3.13. The van der Waals surface area contributed by atoms with Crippen molar-refractivity contribution in [2.75, 3.05) is 6.54 Å². The van der Waals surface area contributed by atoms with Gasteiger partial charge in [-0.15, -0.1) is 6.58 Å². The van der Waals surface area contributed by atoms with Gasteiger partial charge in [-0.05, 0) is 55.5 Å². The van der Waals surface area contributed by atoms with E-state index >= 15 is 0 Å². The number of aromatic nitrogens is 2. The number of hydrogen-bond acceptors (Lipinski definition) is 2. The molecule has 1 N–H and O–H groups in total. The highest BCUT2D eigenvalue weighted by Crippen LogP contribution is 2.33. The fourth-order valence-electron chi connectivity index (χ4n) is 4.01. The first-order valence-electron chi connectivity index (χ1n) is 11.0. The number of amides is 1. The molecule has 1 amide bonds. The van der Waals surface area contributed by atoms with Crippen LogP contribution in [0.5, 0.6) is 0 Å². The molecule has 0 aliphatic carbocycles. The predicted molar refractivity (Wildman–Crippen MR) is 139 cm³/mol. The smallest absolute Gasteiger partial charge is 0.272 e. The van der Waals surface area contributed by atoms with Crippen LogP contribution in [0.1, 0.15) is 42.7 Å². The zero-order valence-electron chi connectivity index (χ0n) is 19.0. The van der Waals surface area contributed by atoms with Crippen LogP contribution >= 0.6 is 34.8 Å². The van der Waals surface area contributed by atoms with Gasteiger partial charge in [0.25, 0.3) is 5.91 Å². The van der Waals surface area contributed by atoms with Crippen LogP contribution in [0.15, 0.2) is 55.1 Å². The molecule has 0 aliphatic heterocycles. The van der Waals surface area contributed by atoms with Gasteiger partial charge in [0.1, 0.15) is 0 Å². The van der Waals surface area contributed by atoms with Crippen LogP contribution in [-0.4, -0.2) is 22.2 Å². The molecular weight excluding hydrogens is 477 g/mol. The Morgan fingerprint density at radius 3 is 2.42 bits per heavy atom. The summed E-state index contributed by atoms with van der Waals surface area (Å²) in [6.07, 6.45) is 3.90. The number of nitrogens with one attached hydrogen (secondary N) is 1. The van der Waals surface area contributed by atoms with E-state index in [1.165, 1.54) is 0 Å². The van der Waals surface area contributed by atoms with E-state index in [1.807, 2.05) is 37.3 Å². The van der Waals surface area contributed by atoms with Gasteiger partial charge in [-0.1, -0.05) is 73.3 Å². The molecule has 2 aromatic carbocycles. The summed E-state index contributed by atoms with van der Waals surface area (Å²) in [4.78, 5) is 13.2. The highest BCUT2D eigenvalue weighted by molar-refractivity contribution is 6.35. The number of carbonyl (C=O) groups excluding carboxylic acids is 1. The van der Waals surface area contributed by atoms with Gasteiger partial charge in [0.15, 0.2) is 5.69 Å². The Hall–Kier alpha value is -2.27. The molecule has 0 bridgehead atoms. The molecule has 2 unspecified atom stereocenters. The number of benzene rings is 2. The summed E-state index contributed by atoms with van der Waals surface area (Å²) in [5.41, 5.74) is 3.40. The number of nitrogens with zero attached hydrogens (tertiary/aromatic N) is 2. The normalized spacial score (nSPS) is 12.9. The molecule has 174 valence electrons. The second kappa shape index (κ2) is 11.2. The van der Waals surface area contributed by atoms with Gasteiger partial charge >= 0.3 is 0 Å². The molecule has 0 fully saturated rings. The lowest BCUT2D eigenvalue weighted by molar-refractivity contribution is 0.0937. The average molecular weight is 505 g/mol. The summed E-state index contributed by atoms with van der Waals surface area (Å²) in [5, 5.41) is 9.34. The van der Waals surface area contributed by atoms with Crippen molar-refractivity contribution in [2.45, 2.75) is 33.6 Å². The maximum Gasteiger partial charge on any atom is 0.272 e. The van der Waals surface area contributed by atoms with E-state index in [4.69, 9.17) is 34.8 Å². The minimum atomic E-state index is -0.216. The number of allylic oxidation sites excluding steroid dienone is 1. The summed E-state index contributed by atoms with van der Waals surface area (Å²) in [6, 6.07) is 12.6. The maximum absolute atomic E-state index is 13.2. The Bertz CT molecular complexity index is 1140. The maximum atomic E-state index is 13.2. The monoisotopic (exact) mass is 503 g/mol. The SMILES string of the molecule is C=CCC(CC)C(C)CNC(=O)c1nn(-c2ccc(Cl)cc2Cl)c(-c2ccc(Cl)cc2)c1C. The molecule has 2 atom stereocenters. The van der Waals surface area contributed by atoms with Crippen LogP contribution < -0.4 is 5.32 Å². The van der Waals surface area contributed by atoms with Gasteiger partial charge in [-0.2, -0.15) is 5.10 Å². The summed E-state index contributed by atoms with van der Waals surface area (Å²) in [5.74, 6) is 0.576. The van der Waals surface area contributed by atoms with Gasteiger partial charge in [-0.25, -0.2) is 4.68 Å². The highest BCUT2D eigenvalue weighted by Gasteiger charge is 2.24. The summed E-state index contributed by atoms with van der Waals surface area (Å²) >= 11 is 18.7. The first-order chi connectivity index (χ1) is 15.8. The molecule has 0 saturated heterocycles. The Kier molecular flexibility index (Phi) is 8.63. The zero-order valence-corrected chi connectivity index (χ0v) is 21.3. The fraction of sp³-hybridized carbons (Fsp3) is 0.308. The number of carbonyl (C=O) groups is 1. The molecular formula is C26H28Cl3N3O. The molecule has 1 heterocycles. The van der Waals surface area contributed by atoms with Crippen molar-refractivity contribution in [3.05, 3.63) is 81.4 Å². The Morgan fingerprint density at radius 2 is 1.82 bits per heavy atom. The lowest BCUT2D eigenvalue weighted by Gasteiger charge is -2.21. The number of rotatable bonds is 9. The van der Waals surface area contributed by atoms with Gasteiger partial charge in [0.2, 0.25) is 0 Å². The van der Waals surface area contributed by atoms with E-state index in [1.54, 1.807) is 22.9 Å². The van der Waals surface area contributed by atoms with Gasteiger partial charge in [-0.3, -0.25) is 4.79 Å². The summed E-state index contributed by atoms with van der Waals surface area (Å²) in [7, 11) is 0. The predicted octanol–water partition coefficient (Wildman–Crippen LogP) is 7.78. The topological polar surface area (TPSA) is 46.9 Å². The first-order valence-corrected chi connectivity index (χ1v) is 12.1. The highest BCUT2D eigenvalue weighted by atomic mass is 35.5. The Balaban J connectivity index is 2.00. The van der Waals surface area contributed by atoms with Crippen molar-refractivity contribution in [1.29, 1.82) is 0 Å². The van der Waals surface area contributed by atoms with E-state index in [2.05, 4.69) is 30.8 Å². The lowest BCUT2D eigenvalue weighted by atomic mass is 9.88. The van der Waals surface area contributed by atoms with Crippen LogP contribution in [0.25, 0.3) is 16.9 Å². The molecule has 0 aliphatic rings. The number of halogens is 3. The van der Waals surface area contributed by atoms with Crippen LogP contribution in [0, 0.1) is 18.8 Å². The fourth-order valence-corrected chi connectivity index (χ4v) is 4.62. The van der Waals surface area contributed by atoms with Gasteiger partial charge in [0, 0.05) is 27.7 Å². The molecule has 3 rings (SSSR count). The molecule has 0 spiro atoms. The van der Waals surface area contributed by atoms with E-state index in [9.17, 15) is 4.79 Å². The van der Waals surface area contributed by atoms with E-state index in [-0.39, 0.29) is 5.91 Å². The van der Waals surface area contributed by atoms with Crippen molar-refractivity contribution in [2.24, 2.45) is 11.8 Å². The molecule has 3 aromatic rings. The first kappa shape index (κ1) is 25.4. The molecule has 33 heavy (non-hydrogen) atoms. The minimum Gasteiger partial charge on any atom is -0.350 e. The van der Waals surface area contributed by atoms with Gasteiger partial charge in [0.05, 0.1) is 16.4 Å². The van der Waals surface area contributed by atoms with Crippen molar-refractivity contribution in [1.82, 2.24) is 15.1 Å². The largest absolute Gasteiger partial charge is 0.350 e. The van der Waals surface area contributed by atoms with Crippen molar-refractivity contribution in [3.63, 3.8) is 0 Å². The third-order valence-corrected chi connectivity index (χ3v) is 6.77. The summed E-state index contributed by atoms with van der Waals surface area (Å²) < 4.78 is 1.70. The third kappa shape index (κ3) is 5.81. The van der Waals surface area contributed by atoms with E-state index < -0.39 is 0 Å².